The Morgan fingerprint density at radius 2 is 1.54 bits per heavy atom. The predicted octanol–water partition coefficient (Wildman–Crippen LogP) is 3.36. The number of aryl methyl sites for hydroxylation is 1. The standard InChI is InChI=1S/C7H5BCl2F3/c1-4-2-6(9)7(10)3-5(4)8(11,12)13/h2-3H,1H3/q-1. The van der Waals surface area contributed by atoms with Crippen LogP contribution < -0.4 is 5.46 Å². The zero-order chi connectivity index (χ0) is 10.2. The van der Waals surface area contributed by atoms with Gasteiger partial charge in [-0.25, -0.2) is 0 Å². The highest BCUT2D eigenvalue weighted by molar-refractivity contribution is 6.74. The molecule has 0 aliphatic rings. The van der Waals surface area contributed by atoms with Crippen LogP contribution in [0.15, 0.2) is 12.1 Å². The lowest BCUT2D eigenvalue weighted by Crippen LogP contribution is -2.36. The molecule has 0 aromatic heterocycles. The Labute approximate surface area is 83.7 Å². The number of hydrogen-bond donors (Lipinski definition) is 0. The molecule has 0 aliphatic carbocycles. The van der Waals surface area contributed by atoms with E-state index in [1.54, 1.807) is 0 Å². The molecule has 0 fully saturated rings. The SMILES string of the molecule is Cc1cc(Cl)c(Cl)cc1[B-](F)(F)F. The highest BCUT2D eigenvalue weighted by Crippen LogP contribution is 2.24. The number of halogens is 5. The van der Waals surface area contributed by atoms with Crippen LogP contribution in [0.25, 0.3) is 0 Å². The van der Waals surface area contributed by atoms with Crippen LogP contribution in [-0.2, 0) is 0 Å². The zero-order valence-electron chi connectivity index (χ0n) is 6.62. The van der Waals surface area contributed by atoms with Crippen molar-refractivity contribution in [2.24, 2.45) is 0 Å². The van der Waals surface area contributed by atoms with Gasteiger partial charge in [-0.3, -0.25) is 0 Å². The topological polar surface area (TPSA) is 0 Å². The number of benzene rings is 1. The molecule has 0 unspecified atom stereocenters. The monoisotopic (exact) mass is 227 g/mol. The van der Waals surface area contributed by atoms with Gasteiger partial charge in [-0.05, 0) is 13.0 Å². The summed E-state index contributed by atoms with van der Waals surface area (Å²) in [6, 6.07) is 2.08. The molecule has 6 heteroatoms. The normalized spacial score (nSPS) is 11.8. The highest BCUT2D eigenvalue weighted by atomic mass is 35.5. The van der Waals surface area contributed by atoms with E-state index in [4.69, 9.17) is 23.2 Å². The van der Waals surface area contributed by atoms with Gasteiger partial charge in [0.15, 0.2) is 0 Å². The molecule has 0 aliphatic heterocycles. The van der Waals surface area contributed by atoms with Gasteiger partial charge < -0.3 is 12.9 Å². The molecular formula is C7H5BCl2F3-. The first-order valence-corrected chi connectivity index (χ1v) is 4.23. The van der Waals surface area contributed by atoms with Crippen LogP contribution in [0.2, 0.25) is 10.0 Å². The van der Waals surface area contributed by atoms with Gasteiger partial charge in [-0.2, -0.15) is 0 Å². The maximum atomic E-state index is 12.3. The van der Waals surface area contributed by atoms with E-state index in [2.05, 4.69) is 0 Å². The van der Waals surface area contributed by atoms with Gasteiger partial charge in [-0.1, -0.05) is 34.8 Å². The van der Waals surface area contributed by atoms with Gasteiger partial charge in [0.05, 0.1) is 10.0 Å². The molecule has 0 spiro atoms. The van der Waals surface area contributed by atoms with Gasteiger partial charge in [0.25, 0.3) is 0 Å². The van der Waals surface area contributed by atoms with Gasteiger partial charge in [0.1, 0.15) is 0 Å². The van der Waals surface area contributed by atoms with Crippen molar-refractivity contribution in [1.82, 2.24) is 0 Å². The van der Waals surface area contributed by atoms with E-state index in [1.807, 2.05) is 0 Å². The lowest BCUT2D eigenvalue weighted by molar-refractivity contribution is 0.500. The van der Waals surface area contributed by atoms with Crippen molar-refractivity contribution in [3.8, 4) is 0 Å². The van der Waals surface area contributed by atoms with Gasteiger partial charge in [0.2, 0.25) is 0 Å². The summed E-state index contributed by atoms with van der Waals surface area (Å²) in [6.45, 7) is -3.65. The Kier molecular flexibility index (Phi) is 2.83. The van der Waals surface area contributed by atoms with Crippen LogP contribution in [0.1, 0.15) is 5.56 Å². The predicted molar refractivity (Wildman–Crippen MR) is 49.9 cm³/mol. The zero-order valence-corrected chi connectivity index (χ0v) is 8.13. The fraction of sp³-hybridized carbons (Fsp3) is 0.143. The average molecular weight is 228 g/mol. The molecule has 0 atom stereocenters. The van der Waals surface area contributed by atoms with Crippen molar-refractivity contribution < 1.29 is 12.9 Å². The Hall–Kier alpha value is -0.345. The fourth-order valence-electron chi connectivity index (χ4n) is 1.01. The second-order valence-corrected chi connectivity index (χ2v) is 3.51. The summed E-state index contributed by atoms with van der Waals surface area (Å²) in [5.74, 6) is 0. The summed E-state index contributed by atoms with van der Waals surface area (Å²) >= 11 is 11.0. The summed E-state index contributed by atoms with van der Waals surface area (Å²) < 4.78 is 37.0. The van der Waals surface area contributed by atoms with Gasteiger partial charge in [-0.15, -0.1) is 5.46 Å². The minimum atomic E-state index is -5.01. The van der Waals surface area contributed by atoms with E-state index in [-0.39, 0.29) is 15.6 Å². The third-order valence-electron chi connectivity index (χ3n) is 1.66. The van der Waals surface area contributed by atoms with E-state index >= 15 is 0 Å². The van der Waals surface area contributed by atoms with Gasteiger partial charge >= 0.3 is 6.98 Å². The number of rotatable bonds is 1. The number of hydrogen-bond acceptors (Lipinski definition) is 0. The Bertz CT molecular complexity index is 335. The first-order chi connectivity index (χ1) is 5.82. The molecule has 0 saturated carbocycles. The van der Waals surface area contributed by atoms with Crippen LogP contribution in [0.4, 0.5) is 12.9 Å². The summed E-state index contributed by atoms with van der Waals surface area (Å²) in [6.07, 6.45) is 0. The van der Waals surface area contributed by atoms with E-state index in [9.17, 15) is 12.9 Å². The van der Waals surface area contributed by atoms with E-state index in [0.717, 1.165) is 6.07 Å². The van der Waals surface area contributed by atoms with E-state index in [0.29, 0.717) is 0 Å². The molecule has 0 amide bonds. The van der Waals surface area contributed by atoms with Crippen molar-refractivity contribution in [2.75, 3.05) is 0 Å². The van der Waals surface area contributed by atoms with Crippen molar-refractivity contribution in [1.29, 1.82) is 0 Å². The Morgan fingerprint density at radius 1 is 1.08 bits per heavy atom. The molecule has 1 rings (SSSR count). The van der Waals surface area contributed by atoms with Crippen LogP contribution in [0, 0.1) is 6.92 Å². The van der Waals surface area contributed by atoms with Crippen molar-refractivity contribution in [2.45, 2.75) is 6.92 Å². The van der Waals surface area contributed by atoms with Crippen molar-refractivity contribution >= 4 is 35.6 Å². The third kappa shape index (κ3) is 2.32. The molecule has 1 aromatic carbocycles. The van der Waals surface area contributed by atoms with Crippen LogP contribution in [0.5, 0.6) is 0 Å². The Morgan fingerprint density at radius 3 is 2.00 bits per heavy atom. The lowest BCUT2D eigenvalue weighted by atomic mass is 9.77. The molecule has 1 aromatic rings. The maximum absolute atomic E-state index is 12.3. The van der Waals surface area contributed by atoms with Gasteiger partial charge in [0, 0.05) is 0 Å². The molecule has 0 N–H and O–H groups in total. The molecule has 0 radical (unpaired) electrons. The first kappa shape index (κ1) is 10.7. The largest absolute Gasteiger partial charge is 0.509 e. The second-order valence-electron chi connectivity index (χ2n) is 2.70. The molecular weight excluding hydrogens is 223 g/mol. The van der Waals surface area contributed by atoms with E-state index < -0.39 is 12.4 Å². The van der Waals surface area contributed by atoms with Crippen LogP contribution in [0.3, 0.4) is 0 Å². The second kappa shape index (κ2) is 3.43. The summed E-state index contributed by atoms with van der Waals surface area (Å²) in [5, 5.41) is 0.0735. The van der Waals surface area contributed by atoms with E-state index in [1.165, 1.54) is 13.0 Å². The Balaban J connectivity index is 3.32. The summed E-state index contributed by atoms with van der Waals surface area (Å²) in [7, 11) is 0. The smallest absolute Gasteiger partial charge is 0.445 e. The summed E-state index contributed by atoms with van der Waals surface area (Å²) in [4.78, 5) is 0. The first-order valence-electron chi connectivity index (χ1n) is 3.48. The molecule has 0 saturated heterocycles. The van der Waals surface area contributed by atoms with Crippen molar-refractivity contribution in [3.05, 3.63) is 27.7 Å². The minimum Gasteiger partial charge on any atom is -0.445 e. The molecule has 0 heterocycles. The molecule has 72 valence electrons. The quantitative estimate of drug-likeness (QED) is 0.646. The molecule has 13 heavy (non-hydrogen) atoms. The van der Waals surface area contributed by atoms with Crippen molar-refractivity contribution in [3.63, 3.8) is 0 Å². The van der Waals surface area contributed by atoms with Crippen LogP contribution >= 0.6 is 23.2 Å². The fourth-order valence-corrected chi connectivity index (χ4v) is 1.40. The molecule has 0 nitrogen and oxygen atoms in total. The maximum Gasteiger partial charge on any atom is 0.509 e. The molecule has 0 bridgehead atoms. The lowest BCUT2D eigenvalue weighted by Gasteiger charge is -2.18. The van der Waals surface area contributed by atoms with Crippen LogP contribution in [-0.4, -0.2) is 6.98 Å². The summed E-state index contributed by atoms with van der Waals surface area (Å²) in [5.41, 5.74) is -0.587. The minimum absolute atomic E-state index is 0.0681. The third-order valence-corrected chi connectivity index (χ3v) is 2.38. The average Bonchev–Trinajstić information content (AvgIpc) is 1.94. The highest BCUT2D eigenvalue weighted by Gasteiger charge is 2.27.